The Morgan fingerprint density at radius 2 is 2.25 bits per heavy atom. The van der Waals surface area contributed by atoms with Gasteiger partial charge >= 0.3 is 6.09 Å². The minimum atomic E-state index is -1.18. The number of nitrogens with one attached hydrogen (secondary N) is 1. The van der Waals surface area contributed by atoms with Crippen molar-refractivity contribution in [3.05, 3.63) is 40.9 Å². The zero-order valence-electron chi connectivity index (χ0n) is 10.7. The molecule has 2 rings (SSSR count). The van der Waals surface area contributed by atoms with Gasteiger partial charge in [0.1, 0.15) is 5.75 Å². The van der Waals surface area contributed by atoms with E-state index < -0.39 is 12.2 Å². The molecule has 0 spiro atoms. The number of ether oxygens (including phenoxy) is 1. The van der Waals surface area contributed by atoms with Gasteiger partial charge in [-0.25, -0.2) is 9.78 Å². The van der Waals surface area contributed by atoms with Gasteiger partial charge in [0.25, 0.3) is 0 Å². The summed E-state index contributed by atoms with van der Waals surface area (Å²) in [5.41, 5.74) is 0.878. The number of rotatable bonds is 5. The molecule has 20 heavy (non-hydrogen) atoms. The van der Waals surface area contributed by atoms with E-state index in [-0.39, 0.29) is 5.13 Å². The van der Waals surface area contributed by atoms with Crippen molar-refractivity contribution in [2.75, 3.05) is 12.4 Å². The Kier molecular flexibility index (Phi) is 4.54. The molecular weight excluding hydrogens is 280 g/mol. The highest BCUT2D eigenvalue weighted by Crippen LogP contribution is 2.29. The lowest BCUT2D eigenvalue weighted by Gasteiger charge is -2.11. The van der Waals surface area contributed by atoms with Crippen LogP contribution in [-0.2, 0) is 6.42 Å². The minimum Gasteiger partial charge on any atom is -0.496 e. The lowest BCUT2D eigenvalue weighted by atomic mass is 10.1. The number of para-hydroxylation sites is 1. The van der Waals surface area contributed by atoms with Crippen LogP contribution in [0.1, 0.15) is 16.5 Å². The van der Waals surface area contributed by atoms with E-state index in [1.807, 2.05) is 24.3 Å². The number of amides is 1. The van der Waals surface area contributed by atoms with Crippen LogP contribution in [0.2, 0.25) is 0 Å². The zero-order valence-corrected chi connectivity index (χ0v) is 11.6. The van der Waals surface area contributed by atoms with E-state index in [9.17, 15) is 9.90 Å². The molecule has 1 amide bonds. The van der Waals surface area contributed by atoms with E-state index in [4.69, 9.17) is 9.84 Å². The van der Waals surface area contributed by atoms with Gasteiger partial charge in [0, 0.05) is 12.6 Å². The monoisotopic (exact) mass is 294 g/mol. The summed E-state index contributed by atoms with van der Waals surface area (Å²) in [6.07, 6.45) is -0.0902. The largest absolute Gasteiger partial charge is 0.496 e. The Morgan fingerprint density at radius 3 is 2.95 bits per heavy atom. The van der Waals surface area contributed by atoms with Crippen LogP contribution >= 0.6 is 11.3 Å². The number of hydrogen-bond acceptors (Lipinski definition) is 5. The summed E-state index contributed by atoms with van der Waals surface area (Å²) in [6.45, 7) is 0. The van der Waals surface area contributed by atoms with Crippen LogP contribution in [0.15, 0.2) is 30.5 Å². The summed E-state index contributed by atoms with van der Waals surface area (Å²) in [5, 5.41) is 21.2. The van der Waals surface area contributed by atoms with Gasteiger partial charge in [0.15, 0.2) is 5.13 Å². The summed E-state index contributed by atoms with van der Waals surface area (Å²) in [4.78, 5) is 15.0. The molecule has 0 aliphatic rings. The lowest BCUT2D eigenvalue weighted by Crippen LogP contribution is -2.06. The minimum absolute atomic E-state index is 0.242. The van der Waals surface area contributed by atoms with E-state index in [1.165, 1.54) is 6.20 Å². The van der Waals surface area contributed by atoms with Crippen LogP contribution < -0.4 is 10.1 Å². The number of benzene rings is 1. The second kappa shape index (κ2) is 6.36. The Bertz CT molecular complexity index is 600. The first kappa shape index (κ1) is 14.3. The number of aliphatic hydroxyl groups excluding tert-OH is 1. The molecule has 3 N–H and O–H groups in total. The highest BCUT2D eigenvalue weighted by molar-refractivity contribution is 7.15. The Hall–Kier alpha value is -2.12. The van der Waals surface area contributed by atoms with E-state index in [0.717, 1.165) is 16.9 Å². The smallest absolute Gasteiger partial charge is 0.410 e. The van der Waals surface area contributed by atoms with Gasteiger partial charge in [-0.15, -0.1) is 0 Å². The predicted molar refractivity (Wildman–Crippen MR) is 75.4 cm³/mol. The summed E-state index contributed by atoms with van der Waals surface area (Å²) >= 11 is 1.11. The maximum absolute atomic E-state index is 10.5. The number of hydrogen-bond donors (Lipinski definition) is 3. The topological polar surface area (TPSA) is 91.7 Å². The maximum Gasteiger partial charge on any atom is 0.410 e. The molecule has 0 saturated carbocycles. The van der Waals surface area contributed by atoms with Crippen molar-refractivity contribution < 1.29 is 19.7 Å². The number of nitrogens with zero attached hydrogens (tertiary/aromatic N) is 1. The summed E-state index contributed by atoms with van der Waals surface area (Å²) in [6, 6.07) is 7.43. The van der Waals surface area contributed by atoms with Gasteiger partial charge in [-0.05, 0) is 11.6 Å². The molecule has 0 fully saturated rings. The van der Waals surface area contributed by atoms with Crippen LogP contribution in [0.5, 0.6) is 5.75 Å². The average Bonchev–Trinajstić information content (AvgIpc) is 2.87. The van der Waals surface area contributed by atoms with Crippen molar-refractivity contribution in [3.8, 4) is 5.75 Å². The molecule has 0 aliphatic heterocycles. The standard InChI is InChI=1S/C13H14N2O4S/c1-19-10-5-3-2-4-8(10)6-9(16)11-7-14-12(20-11)15-13(17)18/h2-5,7,9,16H,6H2,1H3,(H,14,15)(H,17,18). The molecule has 2 aromatic rings. The van der Waals surface area contributed by atoms with Crippen LogP contribution in [0.3, 0.4) is 0 Å². The maximum atomic E-state index is 10.5. The molecule has 1 aromatic carbocycles. The third-order valence-electron chi connectivity index (χ3n) is 2.67. The summed E-state index contributed by atoms with van der Waals surface area (Å²) in [5.74, 6) is 0.708. The van der Waals surface area contributed by atoms with Gasteiger partial charge in [-0.1, -0.05) is 29.5 Å². The van der Waals surface area contributed by atoms with E-state index in [1.54, 1.807) is 7.11 Å². The highest BCUT2D eigenvalue weighted by atomic mass is 32.1. The SMILES string of the molecule is COc1ccccc1CC(O)c1cnc(NC(=O)O)s1. The number of anilines is 1. The number of aliphatic hydroxyl groups is 1. The first-order chi connectivity index (χ1) is 9.60. The number of carbonyl (C=O) groups is 1. The van der Waals surface area contributed by atoms with E-state index in [0.29, 0.717) is 17.0 Å². The van der Waals surface area contributed by atoms with Crippen LogP contribution in [0, 0.1) is 0 Å². The fourth-order valence-electron chi connectivity index (χ4n) is 1.77. The Morgan fingerprint density at radius 1 is 1.50 bits per heavy atom. The average molecular weight is 294 g/mol. The van der Waals surface area contributed by atoms with Crippen LogP contribution in [0.4, 0.5) is 9.93 Å². The fourth-order valence-corrected chi connectivity index (χ4v) is 2.56. The van der Waals surface area contributed by atoms with Crippen molar-refractivity contribution in [2.24, 2.45) is 0 Å². The Balaban J connectivity index is 2.09. The summed E-state index contributed by atoms with van der Waals surface area (Å²) < 4.78 is 5.23. The molecule has 0 radical (unpaired) electrons. The van der Waals surface area contributed by atoms with Crippen molar-refractivity contribution in [1.82, 2.24) is 4.98 Å². The number of thiazole rings is 1. The van der Waals surface area contributed by atoms with Gasteiger partial charge in [0.2, 0.25) is 0 Å². The predicted octanol–water partition coefficient (Wildman–Crippen LogP) is 2.52. The molecule has 1 atom stereocenters. The van der Waals surface area contributed by atoms with Crippen LogP contribution in [-0.4, -0.2) is 28.4 Å². The first-order valence-electron chi connectivity index (χ1n) is 5.85. The van der Waals surface area contributed by atoms with Crippen molar-refractivity contribution in [2.45, 2.75) is 12.5 Å². The van der Waals surface area contributed by atoms with E-state index >= 15 is 0 Å². The van der Waals surface area contributed by atoms with E-state index in [2.05, 4.69) is 10.3 Å². The molecule has 6 nitrogen and oxygen atoms in total. The fraction of sp³-hybridized carbons (Fsp3) is 0.231. The first-order valence-corrected chi connectivity index (χ1v) is 6.67. The van der Waals surface area contributed by atoms with Gasteiger partial charge < -0.3 is 14.9 Å². The quantitative estimate of drug-likeness (QED) is 0.788. The van der Waals surface area contributed by atoms with Crippen molar-refractivity contribution in [1.29, 1.82) is 0 Å². The van der Waals surface area contributed by atoms with Gasteiger partial charge in [-0.2, -0.15) is 0 Å². The Labute approximate surface area is 119 Å². The normalized spacial score (nSPS) is 11.9. The molecule has 0 saturated heterocycles. The molecule has 0 bridgehead atoms. The molecule has 7 heteroatoms. The van der Waals surface area contributed by atoms with Crippen molar-refractivity contribution in [3.63, 3.8) is 0 Å². The molecule has 1 unspecified atom stereocenters. The van der Waals surface area contributed by atoms with Gasteiger partial charge in [-0.3, -0.25) is 5.32 Å². The number of carboxylic acid groups (broad SMARTS) is 1. The molecule has 1 heterocycles. The zero-order chi connectivity index (χ0) is 14.5. The second-order valence-corrected chi connectivity index (χ2v) is 5.09. The van der Waals surface area contributed by atoms with Gasteiger partial charge in [0.05, 0.1) is 18.1 Å². The number of aromatic nitrogens is 1. The lowest BCUT2D eigenvalue weighted by molar-refractivity contribution is 0.181. The highest BCUT2D eigenvalue weighted by Gasteiger charge is 2.15. The third-order valence-corrected chi connectivity index (χ3v) is 3.69. The molecule has 1 aromatic heterocycles. The summed E-state index contributed by atoms with van der Waals surface area (Å²) in [7, 11) is 1.58. The van der Waals surface area contributed by atoms with Crippen molar-refractivity contribution >= 4 is 22.6 Å². The number of methoxy groups -OCH3 is 1. The molecular formula is C13H14N2O4S. The second-order valence-electron chi connectivity index (χ2n) is 4.03. The third kappa shape index (κ3) is 3.46. The molecule has 0 aliphatic carbocycles. The van der Waals surface area contributed by atoms with Crippen LogP contribution in [0.25, 0.3) is 0 Å². The molecule has 106 valence electrons.